The number of likely N-dealkylation sites (N-methyl/N-ethyl adjacent to an activating group) is 1. The lowest BCUT2D eigenvalue weighted by Gasteiger charge is -2.34. The van der Waals surface area contributed by atoms with Crippen molar-refractivity contribution in [3.63, 3.8) is 0 Å². The van der Waals surface area contributed by atoms with Crippen LogP contribution in [0.4, 0.5) is 24.5 Å². The summed E-state index contributed by atoms with van der Waals surface area (Å²) in [6.45, 7) is 11.0. The molecule has 1 fully saturated rings. The zero-order valence-electron chi connectivity index (χ0n) is 22.0. The topological polar surface area (TPSA) is 59.2 Å². The van der Waals surface area contributed by atoms with E-state index in [1.807, 2.05) is 42.7 Å². The second kappa shape index (κ2) is 11.5. The summed E-state index contributed by atoms with van der Waals surface area (Å²) < 4.78 is 41.8. The first kappa shape index (κ1) is 26.8. The minimum absolute atomic E-state index is 0.292. The fourth-order valence-corrected chi connectivity index (χ4v) is 4.90. The summed E-state index contributed by atoms with van der Waals surface area (Å²) in [4.78, 5) is 11.9. The Labute approximate surface area is 226 Å². The fourth-order valence-electron chi connectivity index (χ4n) is 4.90. The van der Waals surface area contributed by atoms with Crippen LogP contribution in [-0.2, 0) is 12.7 Å². The Kier molecular flexibility index (Phi) is 7.90. The first-order chi connectivity index (χ1) is 18.8. The van der Waals surface area contributed by atoms with Gasteiger partial charge in [-0.05, 0) is 54.1 Å². The maximum absolute atomic E-state index is 13.9. The molecule has 204 valence electrons. The van der Waals surface area contributed by atoms with Crippen LogP contribution in [-0.4, -0.2) is 59.0 Å². The van der Waals surface area contributed by atoms with Crippen LogP contribution in [0.5, 0.6) is 0 Å². The summed E-state index contributed by atoms with van der Waals surface area (Å²) in [5.41, 5.74) is 4.43. The number of benzene rings is 2. The van der Waals surface area contributed by atoms with Crippen molar-refractivity contribution in [2.45, 2.75) is 19.6 Å². The zero-order chi connectivity index (χ0) is 27.4. The number of nitrogens with zero attached hydrogens (tertiary/aromatic N) is 3. The molecule has 1 aliphatic heterocycles. The molecule has 3 heterocycles. The molecule has 2 aromatic carbocycles. The van der Waals surface area contributed by atoms with E-state index in [1.54, 1.807) is 12.1 Å². The summed E-state index contributed by atoms with van der Waals surface area (Å²) in [6.07, 6.45) is -0.732. The van der Waals surface area contributed by atoms with Gasteiger partial charge in [0.1, 0.15) is 5.65 Å². The molecule has 0 radical (unpaired) electrons. The Morgan fingerprint density at radius 2 is 1.67 bits per heavy atom. The number of H-pyrrole nitrogens is 1. The van der Waals surface area contributed by atoms with Crippen molar-refractivity contribution in [2.75, 3.05) is 49.9 Å². The van der Waals surface area contributed by atoms with E-state index in [0.29, 0.717) is 30.0 Å². The van der Waals surface area contributed by atoms with Crippen LogP contribution in [0.25, 0.3) is 22.2 Å². The standard InChI is InChI=1S/C30H33F3N6/c1-3-38-12-14-39(15-13-38)20-24-6-9-27(17-28(24)30(31,32)33)37-21(2)18-35-26-7-4-22(5-8-26)25-16-23-10-11-34-29(23)36-19-25/h4-11,16-17,19,35,37H,2-3,12-15,18,20H2,1H3,(H,34,36). The molecule has 0 atom stereocenters. The van der Waals surface area contributed by atoms with Gasteiger partial charge in [0, 0.05) is 73.1 Å². The molecule has 1 aliphatic rings. The van der Waals surface area contributed by atoms with E-state index in [9.17, 15) is 13.2 Å². The Morgan fingerprint density at radius 1 is 0.949 bits per heavy atom. The second-order valence-corrected chi connectivity index (χ2v) is 9.88. The molecule has 3 N–H and O–H groups in total. The third kappa shape index (κ3) is 6.61. The van der Waals surface area contributed by atoms with Gasteiger partial charge in [0.2, 0.25) is 0 Å². The average molecular weight is 535 g/mol. The SMILES string of the molecule is C=C(CNc1ccc(-c2cnc3[nH]ccc3c2)cc1)Nc1ccc(CN2CCN(CC)CC2)c(C(F)(F)F)c1. The first-order valence-corrected chi connectivity index (χ1v) is 13.2. The van der Waals surface area contributed by atoms with E-state index in [4.69, 9.17) is 0 Å². The van der Waals surface area contributed by atoms with Crippen LogP contribution >= 0.6 is 0 Å². The number of piperazine rings is 1. The zero-order valence-corrected chi connectivity index (χ0v) is 22.0. The van der Waals surface area contributed by atoms with Gasteiger partial charge in [-0.25, -0.2) is 4.98 Å². The van der Waals surface area contributed by atoms with Crippen molar-refractivity contribution >= 4 is 22.4 Å². The van der Waals surface area contributed by atoms with E-state index in [2.05, 4.69) is 50.0 Å². The van der Waals surface area contributed by atoms with Crippen LogP contribution in [0.3, 0.4) is 0 Å². The summed E-state index contributed by atoms with van der Waals surface area (Å²) in [5, 5.41) is 7.35. The van der Waals surface area contributed by atoms with E-state index in [1.165, 1.54) is 6.07 Å². The predicted octanol–water partition coefficient (Wildman–Crippen LogP) is 6.42. The van der Waals surface area contributed by atoms with Crippen molar-refractivity contribution in [1.82, 2.24) is 19.8 Å². The summed E-state index contributed by atoms with van der Waals surface area (Å²) in [5.74, 6) is 0. The lowest BCUT2D eigenvalue weighted by molar-refractivity contribution is -0.138. The van der Waals surface area contributed by atoms with E-state index in [0.717, 1.165) is 60.6 Å². The lowest BCUT2D eigenvalue weighted by Crippen LogP contribution is -2.45. The highest BCUT2D eigenvalue weighted by Gasteiger charge is 2.34. The molecule has 2 aromatic heterocycles. The molecule has 1 saturated heterocycles. The monoisotopic (exact) mass is 534 g/mol. The number of fused-ring (bicyclic) bond motifs is 1. The van der Waals surface area contributed by atoms with Crippen molar-refractivity contribution in [3.8, 4) is 11.1 Å². The first-order valence-electron chi connectivity index (χ1n) is 13.2. The normalized spacial score (nSPS) is 15.0. The minimum atomic E-state index is -4.43. The molecule has 39 heavy (non-hydrogen) atoms. The number of rotatable bonds is 9. The smallest absolute Gasteiger partial charge is 0.379 e. The van der Waals surface area contributed by atoms with Crippen LogP contribution in [0.1, 0.15) is 18.1 Å². The molecule has 4 aromatic rings. The summed E-state index contributed by atoms with van der Waals surface area (Å²) in [7, 11) is 0. The molecular formula is C30H33F3N6. The van der Waals surface area contributed by atoms with Crippen molar-refractivity contribution < 1.29 is 13.2 Å². The average Bonchev–Trinajstić information content (AvgIpc) is 3.41. The molecule has 9 heteroatoms. The third-order valence-corrected chi connectivity index (χ3v) is 7.17. The Balaban J connectivity index is 1.18. The van der Waals surface area contributed by atoms with Gasteiger partial charge >= 0.3 is 6.18 Å². The molecular weight excluding hydrogens is 501 g/mol. The molecule has 0 saturated carbocycles. The maximum atomic E-state index is 13.9. The number of nitrogens with one attached hydrogen (secondary N) is 3. The molecule has 0 amide bonds. The van der Waals surface area contributed by atoms with Crippen LogP contribution in [0.2, 0.25) is 0 Å². The molecule has 6 nitrogen and oxygen atoms in total. The van der Waals surface area contributed by atoms with Gasteiger partial charge in [-0.15, -0.1) is 0 Å². The molecule has 0 bridgehead atoms. The minimum Gasteiger partial charge on any atom is -0.379 e. The largest absolute Gasteiger partial charge is 0.416 e. The summed E-state index contributed by atoms with van der Waals surface area (Å²) in [6, 6.07) is 16.5. The van der Waals surface area contributed by atoms with Crippen LogP contribution < -0.4 is 10.6 Å². The van der Waals surface area contributed by atoms with Crippen LogP contribution in [0, 0.1) is 0 Å². The van der Waals surface area contributed by atoms with Gasteiger partial charge in [0.05, 0.1) is 12.1 Å². The van der Waals surface area contributed by atoms with Gasteiger partial charge in [0.25, 0.3) is 0 Å². The van der Waals surface area contributed by atoms with E-state index >= 15 is 0 Å². The number of hydrogen-bond donors (Lipinski definition) is 3. The Hall–Kier alpha value is -3.82. The van der Waals surface area contributed by atoms with Gasteiger partial charge in [-0.1, -0.05) is 31.7 Å². The predicted molar refractivity (Wildman–Crippen MR) is 152 cm³/mol. The second-order valence-electron chi connectivity index (χ2n) is 9.88. The lowest BCUT2D eigenvalue weighted by atomic mass is 10.0. The highest BCUT2D eigenvalue weighted by Crippen LogP contribution is 2.35. The van der Waals surface area contributed by atoms with E-state index in [-0.39, 0.29) is 0 Å². The van der Waals surface area contributed by atoms with Crippen molar-refractivity contribution in [1.29, 1.82) is 0 Å². The Morgan fingerprint density at radius 3 is 2.38 bits per heavy atom. The number of pyridine rings is 1. The molecule has 5 rings (SSSR count). The highest BCUT2D eigenvalue weighted by atomic mass is 19.4. The molecule has 0 aliphatic carbocycles. The molecule has 0 spiro atoms. The number of aromatic nitrogens is 2. The number of hydrogen-bond acceptors (Lipinski definition) is 5. The fraction of sp³-hybridized carbons (Fsp3) is 0.300. The van der Waals surface area contributed by atoms with Crippen LogP contribution in [0.15, 0.2) is 79.3 Å². The van der Waals surface area contributed by atoms with Crippen molar-refractivity contribution in [3.05, 3.63) is 90.4 Å². The maximum Gasteiger partial charge on any atom is 0.416 e. The number of anilines is 2. The summed E-state index contributed by atoms with van der Waals surface area (Å²) >= 11 is 0. The van der Waals surface area contributed by atoms with Crippen molar-refractivity contribution in [2.24, 2.45) is 0 Å². The highest BCUT2D eigenvalue weighted by molar-refractivity contribution is 5.81. The molecule has 0 unspecified atom stereocenters. The van der Waals surface area contributed by atoms with Gasteiger partial charge in [-0.2, -0.15) is 13.2 Å². The quantitative estimate of drug-likeness (QED) is 0.231. The Bertz CT molecular complexity index is 1420. The van der Waals surface area contributed by atoms with Gasteiger partial charge in [0.15, 0.2) is 0 Å². The number of alkyl halides is 3. The van der Waals surface area contributed by atoms with Gasteiger partial charge < -0.3 is 20.5 Å². The van der Waals surface area contributed by atoms with Gasteiger partial charge in [-0.3, -0.25) is 4.90 Å². The number of halogens is 3. The number of aromatic amines is 1. The van der Waals surface area contributed by atoms with E-state index < -0.39 is 11.7 Å². The third-order valence-electron chi connectivity index (χ3n) is 7.17.